The van der Waals surface area contributed by atoms with E-state index in [0.29, 0.717) is 25.1 Å². The predicted octanol–water partition coefficient (Wildman–Crippen LogP) is 3.74. The number of carbonyl (C=O) groups excluding carboxylic acids is 2. The maximum atomic E-state index is 12.6. The van der Waals surface area contributed by atoms with Gasteiger partial charge < -0.3 is 15.0 Å². The Morgan fingerprint density at radius 2 is 1.65 bits per heavy atom. The minimum absolute atomic E-state index is 0.0525. The highest BCUT2D eigenvalue weighted by Gasteiger charge is 2.38. The first-order chi connectivity index (χ1) is 12.7. The fourth-order valence-corrected chi connectivity index (χ4v) is 4.54. The van der Waals surface area contributed by atoms with E-state index < -0.39 is 0 Å². The Labute approximate surface area is 155 Å². The van der Waals surface area contributed by atoms with Crippen molar-refractivity contribution < 1.29 is 14.3 Å². The maximum Gasteiger partial charge on any atom is 0.229 e. The van der Waals surface area contributed by atoms with Crippen LogP contribution in [0.1, 0.15) is 57.8 Å². The number of amides is 2. The number of anilines is 1. The van der Waals surface area contributed by atoms with Gasteiger partial charge in [-0.25, -0.2) is 0 Å². The molecule has 5 heteroatoms. The molecule has 26 heavy (non-hydrogen) atoms. The molecule has 140 valence electrons. The van der Waals surface area contributed by atoms with E-state index in [0.717, 1.165) is 37.1 Å². The molecular weight excluding hydrogens is 328 g/mol. The van der Waals surface area contributed by atoms with E-state index in [9.17, 15) is 9.59 Å². The molecule has 1 aromatic rings. The number of hydrogen-bond acceptors (Lipinski definition) is 3. The van der Waals surface area contributed by atoms with E-state index in [-0.39, 0.29) is 17.7 Å². The van der Waals surface area contributed by atoms with Gasteiger partial charge in [-0.1, -0.05) is 12.8 Å². The first-order valence-corrected chi connectivity index (χ1v) is 10.1. The van der Waals surface area contributed by atoms with Crippen LogP contribution in [0.5, 0.6) is 5.75 Å². The molecule has 1 N–H and O–H groups in total. The van der Waals surface area contributed by atoms with E-state index in [1.807, 2.05) is 29.2 Å². The third kappa shape index (κ3) is 3.87. The van der Waals surface area contributed by atoms with Gasteiger partial charge in [0.05, 0.1) is 12.0 Å². The second kappa shape index (κ2) is 7.68. The molecule has 1 heterocycles. The molecule has 4 rings (SSSR count). The summed E-state index contributed by atoms with van der Waals surface area (Å²) < 4.78 is 5.96. The van der Waals surface area contributed by atoms with Gasteiger partial charge in [0.2, 0.25) is 11.8 Å². The van der Waals surface area contributed by atoms with Gasteiger partial charge in [0.1, 0.15) is 5.75 Å². The molecule has 3 fully saturated rings. The molecule has 1 aliphatic heterocycles. The van der Waals surface area contributed by atoms with Crippen LogP contribution in [-0.2, 0) is 9.59 Å². The first kappa shape index (κ1) is 17.4. The molecule has 5 nitrogen and oxygen atoms in total. The Balaban J connectivity index is 1.30. The summed E-state index contributed by atoms with van der Waals surface area (Å²) in [5.41, 5.74) is 0.764. The molecule has 1 unspecified atom stereocenters. The predicted molar refractivity (Wildman–Crippen MR) is 100 cm³/mol. The molecule has 2 aliphatic carbocycles. The molecule has 1 saturated heterocycles. The van der Waals surface area contributed by atoms with Crippen LogP contribution in [0.15, 0.2) is 24.3 Å². The number of hydrogen-bond donors (Lipinski definition) is 1. The molecule has 0 bridgehead atoms. The van der Waals surface area contributed by atoms with Crippen molar-refractivity contribution in [1.29, 1.82) is 0 Å². The summed E-state index contributed by atoms with van der Waals surface area (Å²) in [7, 11) is 0. The zero-order valence-electron chi connectivity index (χ0n) is 15.3. The summed E-state index contributed by atoms with van der Waals surface area (Å²) in [6, 6.07) is 7.95. The van der Waals surface area contributed by atoms with Crippen molar-refractivity contribution in [3.05, 3.63) is 24.3 Å². The van der Waals surface area contributed by atoms with Gasteiger partial charge in [0.25, 0.3) is 0 Å². The minimum Gasteiger partial charge on any atom is -0.490 e. The summed E-state index contributed by atoms with van der Waals surface area (Å²) in [5, 5.41) is 2.96. The molecule has 1 aromatic carbocycles. The van der Waals surface area contributed by atoms with Crippen LogP contribution < -0.4 is 10.1 Å². The van der Waals surface area contributed by atoms with E-state index in [4.69, 9.17) is 4.74 Å². The van der Waals surface area contributed by atoms with Gasteiger partial charge in [-0.2, -0.15) is 0 Å². The lowest BCUT2D eigenvalue weighted by Gasteiger charge is -2.23. The summed E-state index contributed by atoms with van der Waals surface area (Å²) in [6.45, 7) is 0.568. The quantitative estimate of drug-likeness (QED) is 0.874. The smallest absolute Gasteiger partial charge is 0.229 e. The average Bonchev–Trinajstić information content (AvgIpc) is 3.38. The molecule has 2 saturated carbocycles. The van der Waals surface area contributed by atoms with Crippen LogP contribution in [0.3, 0.4) is 0 Å². The molecule has 0 spiro atoms. The van der Waals surface area contributed by atoms with E-state index >= 15 is 0 Å². The van der Waals surface area contributed by atoms with Crippen molar-refractivity contribution in [2.45, 2.75) is 69.9 Å². The van der Waals surface area contributed by atoms with Crippen molar-refractivity contribution in [3.8, 4) is 5.75 Å². The van der Waals surface area contributed by atoms with Gasteiger partial charge in [-0.3, -0.25) is 9.59 Å². The molecule has 3 aliphatic rings. The fourth-order valence-electron chi connectivity index (χ4n) is 4.54. The SMILES string of the molecule is O=C(Nc1ccc(OC2CCCC2)cc1)C1CC(=O)N(C2CCCC2)C1. The van der Waals surface area contributed by atoms with Crippen LogP contribution >= 0.6 is 0 Å². The van der Waals surface area contributed by atoms with Gasteiger partial charge in [0, 0.05) is 24.7 Å². The second-order valence-electron chi connectivity index (χ2n) is 7.92. The van der Waals surface area contributed by atoms with E-state index in [1.165, 1.54) is 25.7 Å². The number of nitrogens with zero attached hydrogens (tertiary/aromatic N) is 1. The van der Waals surface area contributed by atoms with E-state index in [1.54, 1.807) is 0 Å². The van der Waals surface area contributed by atoms with Gasteiger partial charge in [-0.05, 0) is 62.8 Å². The van der Waals surface area contributed by atoms with Crippen LogP contribution in [0.4, 0.5) is 5.69 Å². The summed E-state index contributed by atoms with van der Waals surface area (Å²) in [4.78, 5) is 26.8. The fraction of sp³-hybridized carbons (Fsp3) is 0.619. The Kier molecular flexibility index (Phi) is 5.14. The maximum absolute atomic E-state index is 12.6. The third-order valence-corrected chi connectivity index (χ3v) is 6.02. The monoisotopic (exact) mass is 356 g/mol. The number of ether oxygens (including phenoxy) is 1. The summed E-state index contributed by atoms with van der Waals surface area (Å²) in [6.07, 6.45) is 9.99. The van der Waals surface area contributed by atoms with Gasteiger partial charge >= 0.3 is 0 Å². The van der Waals surface area contributed by atoms with Crippen LogP contribution in [0, 0.1) is 5.92 Å². The Morgan fingerprint density at radius 1 is 1.00 bits per heavy atom. The number of carbonyl (C=O) groups is 2. The minimum atomic E-state index is -0.238. The van der Waals surface area contributed by atoms with Crippen molar-refractivity contribution in [2.24, 2.45) is 5.92 Å². The first-order valence-electron chi connectivity index (χ1n) is 10.1. The third-order valence-electron chi connectivity index (χ3n) is 6.02. The topological polar surface area (TPSA) is 58.6 Å². The summed E-state index contributed by atoms with van der Waals surface area (Å²) >= 11 is 0. The number of benzene rings is 1. The zero-order chi connectivity index (χ0) is 17.9. The molecule has 2 amide bonds. The zero-order valence-corrected chi connectivity index (χ0v) is 15.3. The molecule has 0 aromatic heterocycles. The highest BCUT2D eigenvalue weighted by atomic mass is 16.5. The lowest BCUT2D eigenvalue weighted by molar-refractivity contribution is -0.129. The van der Waals surface area contributed by atoms with Crippen molar-refractivity contribution in [3.63, 3.8) is 0 Å². The Bertz CT molecular complexity index is 646. The largest absolute Gasteiger partial charge is 0.490 e. The summed E-state index contributed by atoms with van der Waals surface area (Å²) in [5.74, 6) is 0.705. The van der Waals surface area contributed by atoms with Crippen LogP contribution in [-0.4, -0.2) is 35.4 Å². The van der Waals surface area contributed by atoms with Crippen molar-refractivity contribution >= 4 is 17.5 Å². The Hall–Kier alpha value is -2.04. The van der Waals surface area contributed by atoms with Crippen molar-refractivity contribution in [1.82, 2.24) is 4.90 Å². The highest BCUT2D eigenvalue weighted by Crippen LogP contribution is 2.30. The molecule has 0 radical (unpaired) electrons. The average molecular weight is 356 g/mol. The van der Waals surface area contributed by atoms with Crippen LogP contribution in [0.2, 0.25) is 0 Å². The second-order valence-corrected chi connectivity index (χ2v) is 7.92. The van der Waals surface area contributed by atoms with Crippen molar-refractivity contribution in [2.75, 3.05) is 11.9 Å². The number of rotatable bonds is 5. The standard InChI is InChI=1S/C21H28N2O3/c24-20-13-15(14-23(20)17-5-1-2-6-17)21(25)22-16-9-11-19(12-10-16)26-18-7-3-4-8-18/h9-12,15,17-18H,1-8,13-14H2,(H,22,25). The van der Waals surface area contributed by atoms with Gasteiger partial charge in [0.15, 0.2) is 0 Å². The Morgan fingerprint density at radius 3 is 2.35 bits per heavy atom. The van der Waals surface area contributed by atoms with E-state index in [2.05, 4.69) is 5.32 Å². The number of likely N-dealkylation sites (tertiary alicyclic amines) is 1. The lowest BCUT2D eigenvalue weighted by Crippen LogP contribution is -2.35. The normalized spacial score (nSPS) is 24.4. The molecule has 1 atom stereocenters. The molecular formula is C21H28N2O3. The van der Waals surface area contributed by atoms with Gasteiger partial charge in [-0.15, -0.1) is 0 Å². The highest BCUT2D eigenvalue weighted by molar-refractivity contribution is 5.97. The lowest BCUT2D eigenvalue weighted by atomic mass is 10.1. The van der Waals surface area contributed by atoms with Crippen LogP contribution in [0.25, 0.3) is 0 Å². The number of nitrogens with one attached hydrogen (secondary N) is 1.